The molecule has 3 aliphatic heterocycles. The summed E-state index contributed by atoms with van der Waals surface area (Å²) in [6, 6.07) is -0.393. The molecular weight excluding hydrogens is 388 g/mol. The van der Waals surface area contributed by atoms with E-state index < -0.39 is 47.2 Å². The van der Waals surface area contributed by atoms with E-state index >= 15 is 0 Å². The molecule has 0 radical (unpaired) electrons. The van der Waals surface area contributed by atoms with Crippen molar-refractivity contribution in [3.05, 3.63) is 23.0 Å². The summed E-state index contributed by atoms with van der Waals surface area (Å²) < 4.78 is 0. The Balaban J connectivity index is 1.95. The van der Waals surface area contributed by atoms with Crippen LogP contribution in [0.5, 0.6) is 0 Å². The van der Waals surface area contributed by atoms with Crippen LogP contribution in [-0.2, 0) is 4.79 Å². The molecule has 3 heterocycles. The van der Waals surface area contributed by atoms with Crippen molar-refractivity contribution < 1.29 is 35.1 Å². The third-order valence-corrected chi connectivity index (χ3v) is 5.37. The number of hydrogen-bond donors (Lipinski definition) is 8. The summed E-state index contributed by atoms with van der Waals surface area (Å²) in [4.78, 5) is 26.7. The molecule has 29 heavy (non-hydrogen) atoms. The molecule has 0 aromatic rings. The van der Waals surface area contributed by atoms with E-state index in [0.29, 0.717) is 0 Å². The van der Waals surface area contributed by atoms with Crippen LogP contribution >= 0.6 is 0 Å². The number of aliphatic hydroxyl groups is 5. The number of carbonyl (C=O) groups is 2. The first-order valence-corrected chi connectivity index (χ1v) is 8.70. The molecule has 3 amide bonds. The van der Waals surface area contributed by atoms with Gasteiger partial charge in [-0.2, -0.15) is 5.26 Å². The number of urea groups is 1. The van der Waals surface area contributed by atoms with E-state index in [1.54, 1.807) is 0 Å². The molecule has 0 saturated carbocycles. The number of likely N-dealkylation sites (N-methyl/N-ethyl adjacent to an activating group) is 1. The van der Waals surface area contributed by atoms with Gasteiger partial charge in [0.15, 0.2) is 5.76 Å². The Bertz CT molecular complexity index is 858. The van der Waals surface area contributed by atoms with Crippen molar-refractivity contribution in [2.45, 2.75) is 36.9 Å². The number of piperidine rings is 1. The van der Waals surface area contributed by atoms with Crippen molar-refractivity contribution in [1.29, 1.82) is 5.26 Å². The summed E-state index contributed by atoms with van der Waals surface area (Å²) in [6.07, 6.45) is -0.868. The standard InChI is InChI=1S/C16H22N6O7/c1-15(27)3-4-22(13(25)16(28,29)6-17)5-7(15)21(2)11-8-9(23)12(24)18-10(8)19-14(26)20-11/h7,10,18,23-24,27-29H,3-5H2,1-2H3,(H2,19,20,26). The van der Waals surface area contributed by atoms with Crippen LogP contribution in [-0.4, -0.2) is 91.0 Å². The number of rotatable bonds is 3. The summed E-state index contributed by atoms with van der Waals surface area (Å²) in [5, 5.41) is 66.1. The molecule has 0 aliphatic carbocycles. The van der Waals surface area contributed by atoms with Crippen LogP contribution in [0.3, 0.4) is 0 Å². The van der Waals surface area contributed by atoms with Gasteiger partial charge in [0.2, 0.25) is 5.88 Å². The normalized spacial score (nSPS) is 29.5. The fourth-order valence-electron chi connectivity index (χ4n) is 3.69. The average molecular weight is 410 g/mol. The van der Waals surface area contributed by atoms with Crippen molar-refractivity contribution in [2.24, 2.45) is 0 Å². The van der Waals surface area contributed by atoms with Gasteiger partial charge < -0.3 is 46.0 Å². The summed E-state index contributed by atoms with van der Waals surface area (Å²) in [5.74, 6) is -5.40. The van der Waals surface area contributed by atoms with Gasteiger partial charge in [-0.1, -0.05) is 0 Å². The minimum absolute atomic E-state index is 0.0311. The minimum atomic E-state index is -3.20. The van der Waals surface area contributed by atoms with Gasteiger partial charge in [-0.3, -0.25) is 10.1 Å². The van der Waals surface area contributed by atoms with E-state index in [1.165, 1.54) is 18.9 Å². The van der Waals surface area contributed by atoms with E-state index in [1.807, 2.05) is 0 Å². The van der Waals surface area contributed by atoms with Gasteiger partial charge in [-0.25, -0.2) is 4.79 Å². The highest BCUT2D eigenvalue weighted by Gasteiger charge is 2.48. The Kier molecular flexibility index (Phi) is 4.74. The van der Waals surface area contributed by atoms with E-state index in [9.17, 15) is 35.1 Å². The zero-order valence-corrected chi connectivity index (χ0v) is 15.7. The number of amides is 3. The molecule has 1 fully saturated rings. The molecule has 158 valence electrons. The van der Waals surface area contributed by atoms with E-state index in [4.69, 9.17) is 5.26 Å². The van der Waals surface area contributed by atoms with Crippen molar-refractivity contribution >= 4 is 11.9 Å². The number of nitriles is 1. The lowest BCUT2D eigenvalue weighted by molar-refractivity contribution is -0.183. The van der Waals surface area contributed by atoms with Crippen LogP contribution in [0.15, 0.2) is 23.0 Å². The smallest absolute Gasteiger partial charge is 0.336 e. The Labute approximate surface area is 165 Å². The lowest BCUT2D eigenvalue weighted by Gasteiger charge is -2.48. The molecule has 8 N–H and O–H groups in total. The number of fused-ring (bicyclic) bond motifs is 1. The van der Waals surface area contributed by atoms with Gasteiger partial charge in [-0.05, 0) is 13.3 Å². The zero-order valence-electron chi connectivity index (χ0n) is 15.7. The van der Waals surface area contributed by atoms with Gasteiger partial charge in [0.05, 0.1) is 17.2 Å². The number of hydrogen-bond acceptors (Lipinski definition) is 10. The number of nitrogens with one attached hydrogen (secondary N) is 3. The first-order valence-electron chi connectivity index (χ1n) is 8.70. The molecule has 13 nitrogen and oxygen atoms in total. The summed E-state index contributed by atoms with van der Waals surface area (Å²) >= 11 is 0. The van der Waals surface area contributed by atoms with Gasteiger partial charge in [0.25, 0.3) is 5.91 Å². The molecule has 3 aliphatic rings. The monoisotopic (exact) mass is 410 g/mol. The predicted octanol–water partition coefficient (Wildman–Crippen LogP) is -2.79. The average Bonchev–Trinajstić information content (AvgIpc) is 2.93. The van der Waals surface area contributed by atoms with Crippen LogP contribution < -0.4 is 16.0 Å². The van der Waals surface area contributed by atoms with Crippen LogP contribution in [0.2, 0.25) is 0 Å². The topological polar surface area (TPSA) is 202 Å². The van der Waals surface area contributed by atoms with Crippen LogP contribution in [0, 0.1) is 11.3 Å². The number of likely N-dealkylation sites (tertiary alicyclic amines) is 1. The molecule has 3 atom stereocenters. The van der Waals surface area contributed by atoms with Crippen LogP contribution in [0.25, 0.3) is 0 Å². The quantitative estimate of drug-likeness (QED) is 0.177. The second-order valence-electron chi connectivity index (χ2n) is 7.40. The minimum Gasteiger partial charge on any atom is -0.503 e. The van der Waals surface area contributed by atoms with Crippen LogP contribution in [0.4, 0.5) is 4.79 Å². The second kappa shape index (κ2) is 6.69. The van der Waals surface area contributed by atoms with Crippen LogP contribution in [0.1, 0.15) is 13.3 Å². The van der Waals surface area contributed by atoms with Gasteiger partial charge >= 0.3 is 11.8 Å². The molecule has 0 aromatic carbocycles. The lowest BCUT2D eigenvalue weighted by atomic mass is 9.86. The Morgan fingerprint density at radius 3 is 2.66 bits per heavy atom. The number of carbonyl (C=O) groups excluding carboxylic acids is 2. The Morgan fingerprint density at radius 1 is 1.38 bits per heavy atom. The molecule has 0 spiro atoms. The first-order chi connectivity index (χ1) is 13.4. The fourth-order valence-corrected chi connectivity index (χ4v) is 3.69. The third-order valence-electron chi connectivity index (χ3n) is 5.37. The summed E-state index contributed by atoms with van der Waals surface area (Å²) in [6.45, 7) is 1.27. The van der Waals surface area contributed by atoms with E-state index in [2.05, 4.69) is 16.0 Å². The number of nitrogens with zero attached hydrogens (tertiary/aromatic N) is 3. The maximum Gasteiger partial charge on any atom is 0.336 e. The lowest BCUT2D eigenvalue weighted by Crippen LogP contribution is -2.65. The maximum atomic E-state index is 12.3. The van der Waals surface area contributed by atoms with E-state index in [-0.39, 0.29) is 30.9 Å². The largest absolute Gasteiger partial charge is 0.503 e. The SMILES string of the molecule is CN(C1=C2C(O)=C(O)NC2NC(=O)N1)C1CN(C(=O)C(O)(O)C#N)CCC1(C)O. The highest BCUT2D eigenvalue weighted by molar-refractivity contribution is 5.86. The van der Waals surface area contributed by atoms with Crippen molar-refractivity contribution in [1.82, 2.24) is 25.8 Å². The molecule has 3 rings (SSSR count). The van der Waals surface area contributed by atoms with E-state index in [0.717, 1.165) is 11.0 Å². The summed E-state index contributed by atoms with van der Waals surface area (Å²) in [5.41, 5.74) is -1.25. The van der Waals surface area contributed by atoms with Crippen molar-refractivity contribution in [3.8, 4) is 6.07 Å². The Hall–Kier alpha value is -3.21. The second-order valence-corrected chi connectivity index (χ2v) is 7.40. The maximum absolute atomic E-state index is 12.3. The first kappa shape index (κ1) is 20.5. The van der Waals surface area contributed by atoms with Gasteiger partial charge in [0.1, 0.15) is 18.1 Å². The predicted molar refractivity (Wildman–Crippen MR) is 94.1 cm³/mol. The molecule has 0 bridgehead atoms. The van der Waals surface area contributed by atoms with Crippen molar-refractivity contribution in [2.75, 3.05) is 20.1 Å². The molecule has 0 aromatic heterocycles. The Morgan fingerprint density at radius 2 is 2.03 bits per heavy atom. The number of aliphatic hydroxyl groups excluding tert-OH is 2. The van der Waals surface area contributed by atoms with Gasteiger partial charge in [-0.15, -0.1) is 0 Å². The molecular formula is C16H22N6O7. The summed E-state index contributed by atoms with van der Waals surface area (Å²) in [7, 11) is 1.50. The zero-order chi connectivity index (χ0) is 21.7. The highest BCUT2D eigenvalue weighted by Crippen LogP contribution is 2.32. The third kappa shape index (κ3) is 3.37. The van der Waals surface area contributed by atoms with Gasteiger partial charge in [0, 0.05) is 20.1 Å². The highest BCUT2D eigenvalue weighted by atomic mass is 16.5. The fraction of sp³-hybridized carbons (Fsp3) is 0.562. The molecule has 1 saturated heterocycles. The van der Waals surface area contributed by atoms with Crippen molar-refractivity contribution in [3.63, 3.8) is 0 Å². The molecule has 13 heteroatoms. The molecule has 3 unspecified atom stereocenters.